The highest BCUT2D eigenvalue weighted by molar-refractivity contribution is 7.09. The maximum absolute atomic E-state index is 5.93. The molecule has 0 fully saturated rings. The zero-order valence-corrected chi connectivity index (χ0v) is 10.1. The highest BCUT2D eigenvalue weighted by Gasteiger charge is 2.11. The van der Waals surface area contributed by atoms with Crippen molar-refractivity contribution in [1.82, 2.24) is 19.5 Å². The van der Waals surface area contributed by atoms with Crippen molar-refractivity contribution in [2.45, 2.75) is 13.5 Å². The van der Waals surface area contributed by atoms with E-state index in [0.29, 0.717) is 12.5 Å². The van der Waals surface area contributed by atoms with Crippen LogP contribution in [0.15, 0.2) is 23.8 Å². The summed E-state index contributed by atoms with van der Waals surface area (Å²) in [6.07, 6.45) is 3.56. The second-order valence-corrected chi connectivity index (χ2v) is 4.76. The Labute approximate surface area is 102 Å². The van der Waals surface area contributed by atoms with E-state index >= 15 is 0 Å². The number of hydrogen-bond acceptors (Lipinski definition) is 5. The summed E-state index contributed by atoms with van der Waals surface area (Å²) in [4.78, 5) is 12.9. The van der Waals surface area contributed by atoms with Crippen LogP contribution in [0.2, 0.25) is 0 Å². The fraction of sp³-hybridized carbons (Fsp3) is 0.182. The molecule has 0 amide bonds. The second kappa shape index (κ2) is 3.81. The Bertz CT molecular complexity index is 656. The Morgan fingerprint density at radius 3 is 3.00 bits per heavy atom. The quantitative estimate of drug-likeness (QED) is 0.747. The van der Waals surface area contributed by atoms with Crippen LogP contribution in [0.3, 0.4) is 0 Å². The summed E-state index contributed by atoms with van der Waals surface area (Å²) >= 11 is 1.60. The SMILES string of the molecule is Cc1ccnc2c1nc(N)n2Cc1nccs1. The molecule has 0 aromatic carbocycles. The first kappa shape index (κ1) is 10.2. The minimum Gasteiger partial charge on any atom is -0.369 e. The molecule has 86 valence electrons. The molecule has 0 bridgehead atoms. The number of rotatable bonds is 2. The predicted octanol–water partition coefficient (Wildman–Crippen LogP) is 1.83. The molecule has 0 radical (unpaired) electrons. The number of pyridine rings is 1. The van der Waals surface area contributed by atoms with Gasteiger partial charge in [0.1, 0.15) is 10.5 Å². The fourth-order valence-electron chi connectivity index (χ4n) is 1.78. The van der Waals surface area contributed by atoms with Gasteiger partial charge in [-0.2, -0.15) is 0 Å². The third kappa shape index (κ3) is 1.66. The summed E-state index contributed by atoms with van der Waals surface area (Å²) in [5, 5.41) is 2.95. The van der Waals surface area contributed by atoms with E-state index in [1.807, 2.05) is 22.9 Å². The van der Waals surface area contributed by atoms with Crippen molar-refractivity contribution in [1.29, 1.82) is 0 Å². The van der Waals surface area contributed by atoms with Crippen LogP contribution in [0.4, 0.5) is 5.95 Å². The van der Waals surface area contributed by atoms with Gasteiger partial charge < -0.3 is 5.73 Å². The maximum atomic E-state index is 5.93. The summed E-state index contributed by atoms with van der Waals surface area (Å²) < 4.78 is 1.89. The lowest BCUT2D eigenvalue weighted by Crippen LogP contribution is -2.04. The largest absolute Gasteiger partial charge is 0.369 e. The summed E-state index contributed by atoms with van der Waals surface area (Å²) in [6.45, 7) is 2.63. The molecule has 0 aliphatic rings. The number of nitrogens with two attached hydrogens (primary N) is 1. The van der Waals surface area contributed by atoms with Crippen molar-refractivity contribution in [3.05, 3.63) is 34.4 Å². The number of aromatic nitrogens is 4. The van der Waals surface area contributed by atoms with Crippen LogP contribution in [-0.4, -0.2) is 19.5 Å². The van der Waals surface area contributed by atoms with Gasteiger partial charge in [-0.1, -0.05) is 0 Å². The van der Waals surface area contributed by atoms with Crippen LogP contribution in [0.5, 0.6) is 0 Å². The minimum atomic E-state index is 0.483. The minimum absolute atomic E-state index is 0.483. The molecule has 6 heteroatoms. The topological polar surface area (TPSA) is 69.6 Å². The molecular weight excluding hydrogens is 234 g/mol. The molecule has 3 rings (SSSR count). The zero-order chi connectivity index (χ0) is 11.8. The van der Waals surface area contributed by atoms with Crippen LogP contribution >= 0.6 is 11.3 Å². The Kier molecular flexibility index (Phi) is 2.29. The van der Waals surface area contributed by atoms with E-state index in [4.69, 9.17) is 5.73 Å². The van der Waals surface area contributed by atoms with Crippen molar-refractivity contribution in [2.24, 2.45) is 0 Å². The third-order valence-corrected chi connectivity index (χ3v) is 3.41. The van der Waals surface area contributed by atoms with Crippen molar-refractivity contribution >= 4 is 28.4 Å². The van der Waals surface area contributed by atoms with Gasteiger partial charge >= 0.3 is 0 Å². The average molecular weight is 245 g/mol. The molecule has 17 heavy (non-hydrogen) atoms. The molecule has 0 unspecified atom stereocenters. The second-order valence-electron chi connectivity index (χ2n) is 3.78. The van der Waals surface area contributed by atoms with Gasteiger partial charge in [-0.25, -0.2) is 15.0 Å². The lowest BCUT2D eigenvalue weighted by Gasteiger charge is -2.02. The Morgan fingerprint density at radius 1 is 1.35 bits per heavy atom. The highest BCUT2D eigenvalue weighted by Crippen LogP contribution is 2.20. The Hall–Kier alpha value is -1.95. The van der Waals surface area contributed by atoms with Crippen LogP contribution in [0.1, 0.15) is 10.6 Å². The van der Waals surface area contributed by atoms with Gasteiger partial charge in [0.2, 0.25) is 5.95 Å². The summed E-state index contributed by atoms with van der Waals surface area (Å²) in [7, 11) is 0. The molecule has 0 atom stereocenters. The molecule has 0 saturated heterocycles. The smallest absolute Gasteiger partial charge is 0.202 e. The van der Waals surface area contributed by atoms with Gasteiger partial charge in [0.05, 0.1) is 6.54 Å². The normalized spacial score (nSPS) is 11.1. The molecular formula is C11H11N5S. The number of fused-ring (bicyclic) bond motifs is 1. The van der Waals surface area contributed by atoms with Crippen LogP contribution < -0.4 is 5.73 Å². The first-order valence-corrected chi connectivity index (χ1v) is 6.09. The fourth-order valence-corrected chi connectivity index (χ4v) is 2.38. The summed E-state index contributed by atoms with van der Waals surface area (Å²) in [5.41, 5.74) is 8.69. The first-order valence-electron chi connectivity index (χ1n) is 5.21. The number of thiazole rings is 1. The first-order chi connectivity index (χ1) is 8.25. The van der Waals surface area contributed by atoms with Gasteiger partial charge in [-0.3, -0.25) is 4.57 Å². The van der Waals surface area contributed by atoms with Crippen molar-refractivity contribution in [3.63, 3.8) is 0 Å². The molecule has 0 aliphatic carbocycles. The lowest BCUT2D eigenvalue weighted by atomic mass is 10.3. The maximum Gasteiger partial charge on any atom is 0.202 e. The summed E-state index contributed by atoms with van der Waals surface area (Å²) in [6, 6.07) is 1.93. The van der Waals surface area contributed by atoms with E-state index in [9.17, 15) is 0 Å². The van der Waals surface area contributed by atoms with Gasteiger partial charge in [-0.15, -0.1) is 11.3 Å². The molecule has 3 aromatic heterocycles. The number of anilines is 1. The molecule has 0 saturated carbocycles. The molecule has 2 N–H and O–H groups in total. The van der Waals surface area contributed by atoms with Gasteiger partial charge in [0, 0.05) is 17.8 Å². The van der Waals surface area contributed by atoms with E-state index < -0.39 is 0 Å². The lowest BCUT2D eigenvalue weighted by molar-refractivity contribution is 0.819. The molecule has 3 aromatic rings. The molecule has 0 spiro atoms. The van der Waals surface area contributed by atoms with Crippen LogP contribution in [0.25, 0.3) is 11.2 Å². The number of nitrogens with zero attached hydrogens (tertiary/aromatic N) is 4. The monoisotopic (exact) mass is 245 g/mol. The summed E-state index contributed by atoms with van der Waals surface area (Å²) in [5.74, 6) is 0.483. The van der Waals surface area contributed by atoms with Crippen molar-refractivity contribution in [3.8, 4) is 0 Å². The number of nitrogen functional groups attached to an aromatic ring is 1. The zero-order valence-electron chi connectivity index (χ0n) is 9.29. The predicted molar refractivity (Wildman–Crippen MR) is 67.9 cm³/mol. The van der Waals surface area contributed by atoms with Gasteiger partial charge in [-0.05, 0) is 18.6 Å². The molecule has 3 heterocycles. The van der Waals surface area contributed by atoms with E-state index in [-0.39, 0.29) is 0 Å². The Morgan fingerprint density at radius 2 is 2.24 bits per heavy atom. The number of imidazole rings is 1. The third-order valence-electron chi connectivity index (χ3n) is 2.64. The van der Waals surface area contributed by atoms with Crippen molar-refractivity contribution < 1.29 is 0 Å². The standard InChI is InChI=1S/C11H11N5S/c1-7-2-3-14-10-9(7)15-11(12)16(10)6-8-13-4-5-17-8/h2-5H,6H2,1H3,(H2,12,15). The van der Waals surface area contributed by atoms with Crippen LogP contribution in [0, 0.1) is 6.92 Å². The molecule has 0 aliphatic heterocycles. The average Bonchev–Trinajstić information content (AvgIpc) is 2.91. The molecule has 5 nitrogen and oxygen atoms in total. The number of aryl methyl sites for hydroxylation is 1. The van der Waals surface area contributed by atoms with Gasteiger partial charge in [0.25, 0.3) is 0 Å². The van der Waals surface area contributed by atoms with E-state index in [2.05, 4.69) is 15.0 Å². The Balaban J connectivity index is 2.16. The van der Waals surface area contributed by atoms with E-state index in [0.717, 1.165) is 21.7 Å². The van der Waals surface area contributed by atoms with Crippen molar-refractivity contribution in [2.75, 3.05) is 5.73 Å². The van der Waals surface area contributed by atoms with Gasteiger partial charge in [0.15, 0.2) is 5.65 Å². The highest BCUT2D eigenvalue weighted by atomic mass is 32.1. The van der Waals surface area contributed by atoms with Crippen LogP contribution in [-0.2, 0) is 6.54 Å². The van der Waals surface area contributed by atoms with E-state index in [1.54, 1.807) is 23.7 Å². The van der Waals surface area contributed by atoms with E-state index in [1.165, 1.54) is 0 Å². The number of hydrogen-bond donors (Lipinski definition) is 1.